The largest absolute Gasteiger partial charge is 0.395 e. The van der Waals surface area contributed by atoms with Crippen molar-refractivity contribution in [3.8, 4) is 0 Å². The van der Waals surface area contributed by atoms with E-state index in [0.29, 0.717) is 12.6 Å². The average molecular weight is 253 g/mol. The Morgan fingerprint density at radius 1 is 1.41 bits per heavy atom. The van der Waals surface area contributed by atoms with Crippen LogP contribution >= 0.6 is 11.3 Å². The van der Waals surface area contributed by atoms with Gasteiger partial charge in [0.15, 0.2) is 0 Å². The Morgan fingerprint density at radius 2 is 2.18 bits per heavy atom. The molecule has 1 N–H and O–H groups in total. The lowest BCUT2D eigenvalue weighted by Crippen LogP contribution is -2.43. The van der Waals surface area contributed by atoms with Crippen LogP contribution in [0.3, 0.4) is 0 Å². The summed E-state index contributed by atoms with van der Waals surface area (Å²) in [5.41, 5.74) is 0.758. The second-order valence-electron chi connectivity index (χ2n) is 4.53. The molecule has 1 heterocycles. The summed E-state index contributed by atoms with van der Waals surface area (Å²) in [4.78, 5) is 14.2. The monoisotopic (exact) mass is 253 g/mol. The molecule has 0 saturated heterocycles. The third kappa shape index (κ3) is 3.07. The van der Waals surface area contributed by atoms with E-state index in [4.69, 9.17) is 5.11 Å². The number of hydrogen-bond donors (Lipinski definition) is 1. The average Bonchev–Trinajstić information content (AvgIpc) is 2.90. The van der Waals surface area contributed by atoms with Crippen LogP contribution in [-0.2, 0) is 0 Å². The van der Waals surface area contributed by atoms with Crippen molar-refractivity contribution in [2.75, 3.05) is 13.2 Å². The molecule has 1 aliphatic carbocycles. The molecular formula is C13H19NO2S. The minimum absolute atomic E-state index is 0.0480. The van der Waals surface area contributed by atoms with E-state index >= 15 is 0 Å². The van der Waals surface area contributed by atoms with Crippen LogP contribution in [0.5, 0.6) is 0 Å². The third-order valence-corrected chi connectivity index (χ3v) is 4.07. The molecule has 0 bridgehead atoms. The highest BCUT2D eigenvalue weighted by Crippen LogP contribution is 2.24. The molecule has 1 fully saturated rings. The van der Waals surface area contributed by atoms with Crippen molar-refractivity contribution in [3.63, 3.8) is 0 Å². The maximum atomic E-state index is 12.3. The fraction of sp³-hybridized carbons (Fsp3) is 0.615. The highest BCUT2D eigenvalue weighted by molar-refractivity contribution is 7.08. The smallest absolute Gasteiger partial charge is 0.255 e. The van der Waals surface area contributed by atoms with E-state index in [1.54, 1.807) is 11.3 Å². The molecule has 2 rings (SSSR count). The summed E-state index contributed by atoms with van der Waals surface area (Å²) in [6, 6.07) is 2.18. The summed E-state index contributed by atoms with van der Waals surface area (Å²) in [6.45, 7) is 0.506. The topological polar surface area (TPSA) is 40.5 Å². The van der Waals surface area contributed by atoms with E-state index in [1.807, 2.05) is 21.7 Å². The number of nitrogens with zero attached hydrogens (tertiary/aromatic N) is 1. The summed E-state index contributed by atoms with van der Waals surface area (Å²) in [7, 11) is 0. The van der Waals surface area contributed by atoms with Gasteiger partial charge >= 0.3 is 0 Å². The molecule has 0 aromatic carbocycles. The lowest BCUT2D eigenvalue weighted by Gasteiger charge is -2.33. The van der Waals surface area contributed by atoms with E-state index in [0.717, 1.165) is 18.4 Å². The minimum Gasteiger partial charge on any atom is -0.395 e. The van der Waals surface area contributed by atoms with Gasteiger partial charge in [-0.05, 0) is 24.3 Å². The Balaban J connectivity index is 2.07. The van der Waals surface area contributed by atoms with Crippen molar-refractivity contribution < 1.29 is 9.90 Å². The predicted octanol–water partition coefficient (Wildman–Crippen LogP) is 2.52. The molecule has 0 unspecified atom stereocenters. The highest BCUT2D eigenvalue weighted by atomic mass is 32.1. The van der Waals surface area contributed by atoms with Gasteiger partial charge in [-0.2, -0.15) is 11.3 Å². The SMILES string of the molecule is O=C(c1ccsc1)N(CCO)C1CCCCC1. The number of carbonyl (C=O) groups excluding carboxylic acids is 1. The molecule has 94 valence electrons. The Morgan fingerprint density at radius 3 is 2.76 bits per heavy atom. The summed E-state index contributed by atoms with van der Waals surface area (Å²) in [6.07, 6.45) is 5.83. The van der Waals surface area contributed by atoms with Crippen molar-refractivity contribution in [3.05, 3.63) is 22.4 Å². The molecule has 0 spiro atoms. The lowest BCUT2D eigenvalue weighted by atomic mass is 9.94. The van der Waals surface area contributed by atoms with Crippen LogP contribution in [0.1, 0.15) is 42.5 Å². The van der Waals surface area contributed by atoms with E-state index in [-0.39, 0.29) is 12.5 Å². The first-order valence-electron chi connectivity index (χ1n) is 6.27. The zero-order valence-electron chi connectivity index (χ0n) is 9.97. The number of thiophene rings is 1. The van der Waals surface area contributed by atoms with Gasteiger partial charge in [0.25, 0.3) is 5.91 Å². The van der Waals surface area contributed by atoms with Gasteiger partial charge < -0.3 is 10.0 Å². The minimum atomic E-state index is 0.0480. The van der Waals surface area contributed by atoms with Crippen molar-refractivity contribution in [2.45, 2.75) is 38.1 Å². The Bertz CT molecular complexity index is 344. The summed E-state index contributed by atoms with van der Waals surface area (Å²) in [5, 5.41) is 12.9. The summed E-state index contributed by atoms with van der Waals surface area (Å²) in [5.74, 6) is 0.0761. The first-order valence-corrected chi connectivity index (χ1v) is 7.21. The van der Waals surface area contributed by atoms with E-state index in [9.17, 15) is 4.79 Å². The van der Waals surface area contributed by atoms with E-state index in [1.165, 1.54) is 19.3 Å². The second kappa shape index (κ2) is 6.17. The fourth-order valence-corrected chi connectivity index (χ4v) is 3.13. The summed E-state index contributed by atoms with van der Waals surface area (Å²) < 4.78 is 0. The first kappa shape index (κ1) is 12.6. The van der Waals surface area contributed by atoms with Crippen molar-refractivity contribution >= 4 is 17.2 Å². The summed E-state index contributed by atoms with van der Waals surface area (Å²) >= 11 is 1.54. The molecule has 0 radical (unpaired) electrons. The lowest BCUT2D eigenvalue weighted by molar-refractivity contribution is 0.0586. The zero-order chi connectivity index (χ0) is 12.1. The van der Waals surface area contributed by atoms with Crippen molar-refractivity contribution in [2.24, 2.45) is 0 Å². The van der Waals surface area contributed by atoms with Crippen LogP contribution < -0.4 is 0 Å². The van der Waals surface area contributed by atoms with Gasteiger partial charge in [0.2, 0.25) is 0 Å². The number of amides is 1. The van der Waals surface area contributed by atoms with Gasteiger partial charge in [-0.25, -0.2) is 0 Å². The standard InChI is InChI=1S/C13H19NO2S/c15-8-7-14(12-4-2-1-3-5-12)13(16)11-6-9-17-10-11/h6,9-10,12,15H,1-5,7-8H2. The second-order valence-corrected chi connectivity index (χ2v) is 5.31. The first-order chi connectivity index (χ1) is 8.33. The zero-order valence-corrected chi connectivity index (χ0v) is 10.8. The number of aliphatic hydroxyl groups excluding tert-OH is 1. The molecule has 17 heavy (non-hydrogen) atoms. The normalized spacial score (nSPS) is 17.0. The molecule has 0 aliphatic heterocycles. The molecule has 1 aromatic heterocycles. The maximum Gasteiger partial charge on any atom is 0.255 e. The van der Waals surface area contributed by atoms with Crippen LogP contribution in [-0.4, -0.2) is 35.1 Å². The Kier molecular flexibility index (Phi) is 4.57. The molecular weight excluding hydrogens is 234 g/mol. The fourth-order valence-electron chi connectivity index (χ4n) is 2.50. The molecule has 4 heteroatoms. The number of aliphatic hydroxyl groups is 1. The Hall–Kier alpha value is -0.870. The van der Waals surface area contributed by atoms with Crippen LogP contribution in [0.2, 0.25) is 0 Å². The molecule has 1 aromatic rings. The van der Waals surface area contributed by atoms with Crippen molar-refractivity contribution in [1.82, 2.24) is 4.90 Å². The Labute approximate surface area is 106 Å². The predicted molar refractivity (Wildman–Crippen MR) is 69.3 cm³/mol. The molecule has 0 atom stereocenters. The van der Waals surface area contributed by atoms with E-state index < -0.39 is 0 Å². The quantitative estimate of drug-likeness (QED) is 0.895. The third-order valence-electron chi connectivity index (χ3n) is 3.39. The van der Waals surface area contributed by atoms with Gasteiger partial charge in [0, 0.05) is 18.0 Å². The number of rotatable bonds is 4. The van der Waals surface area contributed by atoms with Crippen molar-refractivity contribution in [1.29, 1.82) is 0 Å². The van der Waals surface area contributed by atoms with Gasteiger partial charge in [-0.15, -0.1) is 0 Å². The van der Waals surface area contributed by atoms with Crippen LogP contribution in [0.15, 0.2) is 16.8 Å². The molecule has 3 nitrogen and oxygen atoms in total. The highest BCUT2D eigenvalue weighted by Gasteiger charge is 2.25. The number of hydrogen-bond acceptors (Lipinski definition) is 3. The van der Waals surface area contributed by atoms with Crippen LogP contribution in [0.4, 0.5) is 0 Å². The van der Waals surface area contributed by atoms with Crippen LogP contribution in [0.25, 0.3) is 0 Å². The molecule has 1 amide bonds. The van der Waals surface area contributed by atoms with Gasteiger partial charge in [0.1, 0.15) is 0 Å². The molecule has 1 saturated carbocycles. The maximum absolute atomic E-state index is 12.3. The van der Waals surface area contributed by atoms with Crippen LogP contribution in [0, 0.1) is 0 Å². The van der Waals surface area contributed by atoms with E-state index in [2.05, 4.69) is 0 Å². The van der Waals surface area contributed by atoms with Gasteiger partial charge in [-0.1, -0.05) is 19.3 Å². The molecule has 1 aliphatic rings. The van der Waals surface area contributed by atoms with Gasteiger partial charge in [0.05, 0.1) is 12.2 Å². The number of carbonyl (C=O) groups is 1. The van der Waals surface area contributed by atoms with Gasteiger partial charge in [-0.3, -0.25) is 4.79 Å².